The van der Waals surface area contributed by atoms with Gasteiger partial charge >= 0.3 is 0 Å². The molecule has 0 saturated heterocycles. The van der Waals surface area contributed by atoms with E-state index in [1.54, 1.807) is 0 Å². The molecule has 0 bridgehead atoms. The molecule has 12 nitrogen and oxygen atoms in total. The van der Waals surface area contributed by atoms with Gasteiger partial charge in [0, 0.05) is 16.4 Å². The van der Waals surface area contributed by atoms with Gasteiger partial charge < -0.3 is 56.8 Å². The molecule has 0 amide bonds. The number of hydrogen-bond donors (Lipinski definition) is 0. The Morgan fingerprint density at radius 2 is 0.463 bits per heavy atom. The van der Waals surface area contributed by atoms with E-state index in [4.69, 9.17) is 56.8 Å². The van der Waals surface area contributed by atoms with Gasteiger partial charge in [0.05, 0.1) is 84.7 Å². The Bertz CT molecular complexity index is 6400. The maximum atomic E-state index is 6.38. The monoisotopic (exact) mass is 1850 g/mol. The Kier molecular flexibility index (Phi) is 29.3. The maximum Gasteiger partial charge on any atom is 0.189 e. The fraction of sp³-hybridized carbons (Fsp3) is 0.207. The zero-order valence-electron chi connectivity index (χ0n) is 80.0. The van der Waals surface area contributed by atoms with Crippen molar-refractivity contribution in [2.45, 2.75) is 88.5 Å². The van der Waals surface area contributed by atoms with Crippen LogP contribution in [0.3, 0.4) is 0 Å². The topological polar surface area (TPSA) is 111 Å². The van der Waals surface area contributed by atoms with Crippen LogP contribution in [-0.2, 0) is 5.41 Å². The van der Waals surface area contributed by atoms with E-state index in [9.17, 15) is 0 Å². The summed E-state index contributed by atoms with van der Waals surface area (Å²) in [7, 11) is -7.95. The highest BCUT2D eigenvalue weighted by Crippen LogP contribution is 2.58. The van der Waals surface area contributed by atoms with Crippen LogP contribution in [0.2, 0.25) is 0 Å². The molecule has 1 aliphatic carbocycles. The van der Waals surface area contributed by atoms with Gasteiger partial charge in [0.2, 0.25) is 0 Å². The highest BCUT2D eigenvalue weighted by atomic mass is 28.3. The molecular weight excluding hydrogens is 1730 g/mol. The number of rotatable bonds is 32. The average Bonchev–Trinajstić information content (AvgIpc) is 1.52. The van der Waals surface area contributed by atoms with Crippen LogP contribution >= 0.6 is 0 Å². The summed E-state index contributed by atoms with van der Waals surface area (Å²) in [4.78, 5) is 0. The molecule has 136 heavy (non-hydrogen) atoms. The van der Waals surface area contributed by atoms with E-state index in [1.165, 1.54) is 129 Å². The Hall–Kier alpha value is -14.2. The van der Waals surface area contributed by atoms with E-state index >= 15 is 0 Å². The average molecular weight is 1850 g/mol. The Balaban J connectivity index is 0.000000126. The van der Waals surface area contributed by atoms with Crippen molar-refractivity contribution in [3.8, 4) is 114 Å². The van der Waals surface area contributed by atoms with E-state index in [0.29, 0.717) is 79.3 Å². The smallest absolute Gasteiger partial charge is 0.189 e. The lowest BCUT2D eigenvalue weighted by Crippen LogP contribution is -2.73. The van der Waals surface area contributed by atoms with E-state index < -0.39 is 29.6 Å². The minimum atomic E-state index is -2.74. The number of ether oxygens (including phenoxy) is 12. The molecule has 20 rings (SSSR count). The van der Waals surface area contributed by atoms with E-state index in [2.05, 4.69) is 359 Å². The first-order chi connectivity index (χ1) is 66.9. The second-order valence-corrected chi connectivity index (χ2v) is 44.4. The van der Waals surface area contributed by atoms with E-state index in [-0.39, 0.29) is 0 Å². The fourth-order valence-electron chi connectivity index (χ4n) is 21.2. The lowest BCUT2D eigenvalue weighted by molar-refractivity contribution is 0.325. The molecule has 3 heterocycles. The van der Waals surface area contributed by atoms with Crippen LogP contribution in [-0.4, -0.2) is 104 Å². The summed E-state index contributed by atoms with van der Waals surface area (Å²) in [6, 6.07) is 130. The van der Waals surface area contributed by atoms with Crippen molar-refractivity contribution in [2.75, 3.05) is 79.3 Å². The van der Waals surface area contributed by atoms with Crippen LogP contribution in [0.15, 0.2) is 364 Å². The number of hydrogen-bond acceptors (Lipinski definition) is 12. The van der Waals surface area contributed by atoms with Crippen LogP contribution in [0.5, 0.6) is 69.0 Å². The molecule has 0 saturated carbocycles. The molecule has 0 unspecified atom stereocenters. The lowest BCUT2D eigenvalue weighted by atomic mass is 9.67. The molecule has 15 heteroatoms. The predicted molar refractivity (Wildman–Crippen MR) is 565 cm³/mol. The van der Waals surface area contributed by atoms with E-state index in [1.807, 2.05) is 88.3 Å². The van der Waals surface area contributed by atoms with Crippen molar-refractivity contribution in [1.29, 1.82) is 0 Å². The first-order valence-corrected chi connectivity index (χ1v) is 54.2. The van der Waals surface area contributed by atoms with Gasteiger partial charge in [-0.05, 0) is 317 Å². The number of para-hydroxylation sites is 1. The quantitative estimate of drug-likeness (QED) is 0.0374. The van der Waals surface area contributed by atoms with Gasteiger partial charge in [0.1, 0.15) is 69.0 Å². The summed E-state index contributed by atoms with van der Waals surface area (Å²) in [6.07, 6.45) is 0. The van der Waals surface area contributed by atoms with E-state index in [0.717, 1.165) is 69.0 Å². The SMILES string of the molecule is CCOc1cc(OCC)c2c(c1)-c1cccc(OCC)c1[Si]2(c1ccccc1)c1ccccc1.CCOc1ccc2c(c1)-c1cc(OCC)ccc1[Si]2(c1ccccc1)c1ccccc1OCC.CCOc1cccc(C2(c3ccccc3)c3ccc(OCC)cc3-c3cc(OCC)ccc32)c1.CCOc1cccc([Si]2(c3ccccc3)c3ccc(OCC)cc3-c3cc(OCC)ccc32)c1. The van der Waals surface area contributed by atoms with Crippen molar-refractivity contribution in [3.05, 3.63) is 386 Å². The minimum Gasteiger partial charge on any atom is -0.494 e. The molecule has 0 radical (unpaired) electrons. The fourth-order valence-corrected chi connectivity index (χ4v) is 37.0. The van der Waals surface area contributed by atoms with Gasteiger partial charge in [0.15, 0.2) is 24.2 Å². The third-order valence-electron chi connectivity index (χ3n) is 25.9. The molecule has 0 aromatic heterocycles. The Morgan fingerprint density at radius 3 is 0.897 bits per heavy atom. The third-order valence-corrected chi connectivity index (χ3v) is 40.6. The van der Waals surface area contributed by atoms with Crippen molar-refractivity contribution in [2.24, 2.45) is 0 Å². The highest BCUT2D eigenvalue weighted by molar-refractivity contribution is 7.24. The third kappa shape index (κ3) is 17.3. The Labute approximate surface area is 805 Å². The zero-order valence-corrected chi connectivity index (χ0v) is 83.0. The summed E-state index contributed by atoms with van der Waals surface area (Å²) >= 11 is 0. The van der Waals surface area contributed by atoms with Gasteiger partial charge in [-0.25, -0.2) is 0 Å². The van der Waals surface area contributed by atoms with Crippen molar-refractivity contribution >= 4 is 86.5 Å². The molecule has 16 aromatic rings. The van der Waals surface area contributed by atoms with Gasteiger partial charge in [-0.3, -0.25) is 0 Å². The molecular formula is C121H120O12Si3. The van der Waals surface area contributed by atoms with Crippen molar-refractivity contribution < 1.29 is 56.8 Å². The Morgan fingerprint density at radius 1 is 0.169 bits per heavy atom. The van der Waals surface area contributed by atoms with Crippen LogP contribution in [0, 0.1) is 0 Å². The highest BCUT2D eigenvalue weighted by Gasteiger charge is 2.55. The summed E-state index contributed by atoms with van der Waals surface area (Å²) in [5, 5.41) is 16.0. The van der Waals surface area contributed by atoms with Gasteiger partial charge in [-0.15, -0.1) is 0 Å². The second kappa shape index (κ2) is 42.6. The van der Waals surface area contributed by atoms with Gasteiger partial charge in [-0.2, -0.15) is 0 Å². The van der Waals surface area contributed by atoms with Crippen LogP contribution in [0.25, 0.3) is 44.5 Å². The first-order valence-electron chi connectivity index (χ1n) is 48.2. The number of fused-ring (bicyclic) bond motifs is 12. The lowest BCUT2D eigenvalue weighted by Gasteiger charge is -2.34. The van der Waals surface area contributed by atoms with Crippen molar-refractivity contribution in [1.82, 2.24) is 0 Å². The minimum absolute atomic E-state index is 0.478. The summed E-state index contributed by atoms with van der Waals surface area (Å²) < 4.78 is 72.3. The molecule has 0 N–H and O–H groups in total. The normalized spacial score (nSPS) is 13.1. The number of benzene rings is 16. The molecule has 0 fully saturated rings. The molecule has 0 spiro atoms. The molecule has 3 aliphatic heterocycles. The largest absolute Gasteiger partial charge is 0.494 e. The molecule has 16 aromatic carbocycles. The van der Waals surface area contributed by atoms with Gasteiger partial charge in [-0.1, -0.05) is 243 Å². The molecule has 4 aliphatic rings. The van der Waals surface area contributed by atoms with Gasteiger partial charge in [0.25, 0.3) is 0 Å². The molecule has 688 valence electrons. The molecule has 0 atom stereocenters. The standard InChI is InChI=1S/C31H30O3.3C30H30O3Si/c1-4-32-24-14-10-13-23(19-24)31(22-11-8-7-9-12-22)29-17-15-25(33-5-2)20-27(29)28-21-26(34-6-3)16-18-30(28)31;1-4-31-22-20-26-25-18-13-19-27(32-5-2)29(25)34(23-14-9-7-10-15-23,24-16-11-8-12-17-24)30(26)28(21-22)33-6-3;1-4-31-22-11-10-14-26(19-22)34(25-12-8-7-9-13-25)29-17-15-23(32-5-2)20-27(29)28-21-24(33-6-3)16-18-30(28)34;1-4-31-22-16-18-28-25(20-22)26-21-23(32-5-2)17-19-29(26)34(28,24-12-8-7-9-13-24)30-15-11-10-14-27(30)33-6-3/h4*7-21H,4-6H2,1-3H3. The zero-order chi connectivity index (χ0) is 94.2. The van der Waals surface area contributed by atoms with Crippen LogP contribution < -0.4 is 119 Å². The summed E-state index contributed by atoms with van der Waals surface area (Å²) in [5.41, 5.74) is 14.1. The van der Waals surface area contributed by atoms with Crippen molar-refractivity contribution in [3.63, 3.8) is 0 Å². The summed E-state index contributed by atoms with van der Waals surface area (Å²) in [5.74, 6) is 10.8. The maximum absolute atomic E-state index is 6.38. The summed E-state index contributed by atoms with van der Waals surface area (Å²) in [6.45, 7) is 31.9. The van der Waals surface area contributed by atoms with Crippen LogP contribution in [0.1, 0.15) is 105 Å². The predicted octanol–water partition coefficient (Wildman–Crippen LogP) is 20.0. The first kappa shape index (κ1) is 93.6. The van der Waals surface area contributed by atoms with Crippen LogP contribution in [0.4, 0.5) is 0 Å². The second-order valence-electron chi connectivity index (χ2n) is 33.3.